The number of carbonyl (C=O) groups excluding carboxylic acids is 1. The van der Waals surface area contributed by atoms with Crippen molar-refractivity contribution in [2.45, 2.75) is 42.4 Å². The normalized spacial score (nSPS) is 15.0. The van der Waals surface area contributed by atoms with Gasteiger partial charge in [0.2, 0.25) is 10.0 Å². The van der Waals surface area contributed by atoms with Gasteiger partial charge < -0.3 is 4.90 Å². The zero-order chi connectivity index (χ0) is 23.7. The first-order chi connectivity index (χ1) is 15.9. The molecule has 0 aliphatic carbocycles. The minimum Gasteiger partial charge on any atom is -0.369 e. The van der Waals surface area contributed by atoms with E-state index in [0.717, 1.165) is 45.6 Å². The van der Waals surface area contributed by atoms with Gasteiger partial charge in [-0.05, 0) is 56.3 Å². The Morgan fingerprint density at radius 2 is 1.76 bits per heavy atom. The third-order valence-electron chi connectivity index (χ3n) is 5.94. The fourth-order valence-electron chi connectivity index (χ4n) is 4.01. The number of rotatable bonds is 12. The molecule has 2 aromatic carbocycles. The molecule has 0 bridgehead atoms. The number of thioether (sulfide) groups is 1. The number of hydrogen-bond donors (Lipinski definition) is 1. The fourth-order valence-corrected chi connectivity index (χ4v) is 6.29. The molecule has 1 heterocycles. The number of unbranched alkanes of at least 4 members (excludes halogenated alkanes) is 1. The smallest absolute Gasteiger partial charge is 0.241 e. The number of piperazine rings is 1. The van der Waals surface area contributed by atoms with Crippen LogP contribution in [0, 0.1) is 0 Å². The number of ketones is 1. The zero-order valence-electron chi connectivity index (χ0n) is 19.6. The Morgan fingerprint density at radius 1 is 1.03 bits per heavy atom. The lowest BCUT2D eigenvalue weighted by Crippen LogP contribution is -2.46. The lowest BCUT2D eigenvalue weighted by Gasteiger charge is -2.36. The molecule has 1 fully saturated rings. The van der Waals surface area contributed by atoms with Gasteiger partial charge in [0, 0.05) is 55.3 Å². The van der Waals surface area contributed by atoms with Crippen LogP contribution in [0.4, 0.5) is 5.69 Å². The average molecular weight is 490 g/mol. The van der Waals surface area contributed by atoms with Gasteiger partial charge in [0.25, 0.3) is 0 Å². The van der Waals surface area contributed by atoms with Crippen LogP contribution in [0.25, 0.3) is 0 Å². The number of para-hydroxylation sites is 1. The van der Waals surface area contributed by atoms with Gasteiger partial charge in [0.1, 0.15) is 0 Å². The minimum atomic E-state index is -3.62. The molecule has 33 heavy (non-hydrogen) atoms. The maximum absolute atomic E-state index is 12.7. The lowest BCUT2D eigenvalue weighted by atomic mass is 10.1. The summed E-state index contributed by atoms with van der Waals surface area (Å²) in [6.45, 7) is 7.40. The average Bonchev–Trinajstić information content (AvgIpc) is 2.85. The molecule has 0 amide bonds. The quantitative estimate of drug-likeness (QED) is 0.273. The van der Waals surface area contributed by atoms with Crippen molar-refractivity contribution in [2.75, 3.05) is 50.4 Å². The number of nitrogens with one attached hydrogen (secondary N) is 1. The summed E-state index contributed by atoms with van der Waals surface area (Å²) in [6.07, 6.45) is 4.76. The molecular formula is C25H35N3O3S2. The Balaban J connectivity index is 1.47. The van der Waals surface area contributed by atoms with Crippen molar-refractivity contribution in [3.63, 3.8) is 0 Å². The summed E-state index contributed by atoms with van der Waals surface area (Å²) >= 11 is 1.37. The second kappa shape index (κ2) is 12.6. The number of nitrogens with zero attached hydrogens (tertiary/aromatic N) is 2. The largest absolute Gasteiger partial charge is 0.369 e. The van der Waals surface area contributed by atoms with E-state index in [1.165, 1.54) is 23.5 Å². The van der Waals surface area contributed by atoms with Crippen LogP contribution in [0.2, 0.25) is 0 Å². The zero-order valence-corrected chi connectivity index (χ0v) is 21.3. The van der Waals surface area contributed by atoms with Crippen LogP contribution in [0.15, 0.2) is 58.3 Å². The first kappa shape index (κ1) is 25.7. The highest BCUT2D eigenvalue weighted by Gasteiger charge is 2.20. The second-order valence-electron chi connectivity index (χ2n) is 8.31. The van der Waals surface area contributed by atoms with E-state index in [9.17, 15) is 13.2 Å². The Kier molecular flexibility index (Phi) is 9.79. The summed E-state index contributed by atoms with van der Waals surface area (Å²) < 4.78 is 27.9. The third-order valence-corrected chi connectivity index (χ3v) is 8.37. The highest BCUT2D eigenvalue weighted by Crippen LogP contribution is 2.26. The molecule has 6 nitrogen and oxygen atoms in total. The molecule has 1 aliphatic rings. The monoisotopic (exact) mass is 489 g/mol. The Bertz CT molecular complexity index is 1000. The molecule has 8 heteroatoms. The standard InChI is InChI=1S/C25H35N3O3S2/c1-3-14-26-33(30,31)25-20-21(12-13-24(25)32-2)23(29)11-7-8-15-27-16-18-28(19-17-27)22-9-5-4-6-10-22/h4-6,9-10,12-13,20,26H,3,7-8,11,14-19H2,1-2H3. The summed E-state index contributed by atoms with van der Waals surface area (Å²) in [7, 11) is -3.62. The van der Waals surface area contributed by atoms with E-state index in [4.69, 9.17) is 0 Å². The molecule has 0 radical (unpaired) electrons. The summed E-state index contributed by atoms with van der Waals surface area (Å²) in [5.74, 6) is 0.00323. The Morgan fingerprint density at radius 3 is 2.42 bits per heavy atom. The number of carbonyl (C=O) groups is 1. The highest BCUT2D eigenvalue weighted by atomic mass is 32.2. The summed E-state index contributed by atoms with van der Waals surface area (Å²) in [5.41, 5.74) is 1.75. The minimum absolute atomic E-state index is 0.00323. The number of hydrogen-bond acceptors (Lipinski definition) is 6. The molecule has 0 saturated carbocycles. The molecule has 1 aliphatic heterocycles. The predicted molar refractivity (Wildman–Crippen MR) is 137 cm³/mol. The van der Waals surface area contributed by atoms with E-state index in [2.05, 4.69) is 38.8 Å². The molecule has 3 rings (SSSR count). The summed E-state index contributed by atoms with van der Waals surface area (Å²) in [4.78, 5) is 18.5. The Hall–Kier alpha value is -1.87. The van der Waals surface area contributed by atoms with Crippen molar-refractivity contribution >= 4 is 33.3 Å². The van der Waals surface area contributed by atoms with Gasteiger partial charge in [-0.15, -0.1) is 11.8 Å². The van der Waals surface area contributed by atoms with Crippen molar-refractivity contribution in [1.82, 2.24) is 9.62 Å². The SMILES string of the molecule is CCCNS(=O)(=O)c1cc(C(=O)CCCCN2CCN(c3ccccc3)CC2)ccc1SC. The maximum Gasteiger partial charge on any atom is 0.241 e. The van der Waals surface area contributed by atoms with E-state index in [0.29, 0.717) is 29.8 Å². The molecule has 1 N–H and O–H groups in total. The van der Waals surface area contributed by atoms with E-state index >= 15 is 0 Å². The number of anilines is 1. The number of Topliss-reactive ketones (excluding diaryl/α,β-unsaturated/α-hetero) is 1. The topological polar surface area (TPSA) is 69.7 Å². The van der Waals surface area contributed by atoms with Crippen molar-refractivity contribution in [1.29, 1.82) is 0 Å². The number of sulfonamides is 1. The summed E-state index contributed by atoms with van der Waals surface area (Å²) in [6, 6.07) is 15.5. The first-order valence-electron chi connectivity index (χ1n) is 11.7. The van der Waals surface area contributed by atoms with Crippen LogP contribution in [0.5, 0.6) is 0 Å². The molecule has 180 valence electrons. The molecule has 0 atom stereocenters. The van der Waals surface area contributed by atoms with Crippen LogP contribution in [0.3, 0.4) is 0 Å². The Labute approximate surface area is 202 Å². The van der Waals surface area contributed by atoms with Gasteiger partial charge in [0.05, 0.1) is 4.90 Å². The maximum atomic E-state index is 12.7. The van der Waals surface area contributed by atoms with E-state index in [1.54, 1.807) is 12.1 Å². The van der Waals surface area contributed by atoms with Crippen LogP contribution >= 0.6 is 11.8 Å². The summed E-state index contributed by atoms with van der Waals surface area (Å²) in [5, 5.41) is 0. The second-order valence-corrected chi connectivity index (χ2v) is 10.9. The van der Waals surface area contributed by atoms with Crippen LogP contribution in [-0.4, -0.2) is 64.6 Å². The molecule has 0 aromatic heterocycles. The first-order valence-corrected chi connectivity index (χ1v) is 14.4. The molecular weight excluding hydrogens is 454 g/mol. The van der Waals surface area contributed by atoms with E-state index in [1.807, 2.05) is 19.2 Å². The molecule has 0 unspecified atom stereocenters. The number of benzene rings is 2. The van der Waals surface area contributed by atoms with Gasteiger partial charge in [-0.1, -0.05) is 31.2 Å². The van der Waals surface area contributed by atoms with Gasteiger partial charge >= 0.3 is 0 Å². The fraction of sp³-hybridized carbons (Fsp3) is 0.480. The van der Waals surface area contributed by atoms with Gasteiger partial charge in [0.15, 0.2) is 5.78 Å². The van der Waals surface area contributed by atoms with Crippen LogP contribution in [0.1, 0.15) is 43.0 Å². The van der Waals surface area contributed by atoms with Gasteiger partial charge in [-0.3, -0.25) is 9.69 Å². The van der Waals surface area contributed by atoms with Gasteiger partial charge in [-0.2, -0.15) is 0 Å². The van der Waals surface area contributed by atoms with Crippen molar-refractivity contribution < 1.29 is 13.2 Å². The molecule has 0 spiro atoms. The van der Waals surface area contributed by atoms with Crippen LogP contribution < -0.4 is 9.62 Å². The highest BCUT2D eigenvalue weighted by molar-refractivity contribution is 7.99. The van der Waals surface area contributed by atoms with E-state index < -0.39 is 10.0 Å². The van der Waals surface area contributed by atoms with Gasteiger partial charge in [-0.25, -0.2) is 13.1 Å². The van der Waals surface area contributed by atoms with Crippen molar-refractivity contribution in [3.8, 4) is 0 Å². The van der Waals surface area contributed by atoms with Crippen molar-refractivity contribution in [2.24, 2.45) is 0 Å². The van der Waals surface area contributed by atoms with E-state index in [-0.39, 0.29) is 10.7 Å². The van der Waals surface area contributed by atoms with Crippen LogP contribution in [-0.2, 0) is 10.0 Å². The molecule has 2 aromatic rings. The molecule has 1 saturated heterocycles. The van der Waals surface area contributed by atoms with Crippen molar-refractivity contribution in [3.05, 3.63) is 54.1 Å². The lowest BCUT2D eigenvalue weighted by molar-refractivity contribution is 0.0977. The third kappa shape index (κ3) is 7.30. The predicted octanol–water partition coefficient (Wildman–Crippen LogP) is 4.27.